The molecule has 8 nitrogen and oxygen atoms in total. The van der Waals surface area contributed by atoms with Gasteiger partial charge < -0.3 is 4.90 Å². The summed E-state index contributed by atoms with van der Waals surface area (Å²) in [4.78, 5) is 14.9. The first kappa shape index (κ1) is 24.2. The van der Waals surface area contributed by atoms with Gasteiger partial charge in [0.25, 0.3) is 0 Å². The number of hydrogen-bond donors (Lipinski definition) is 1. The van der Waals surface area contributed by atoms with Crippen LogP contribution in [0.3, 0.4) is 0 Å². The minimum absolute atomic E-state index is 0.00464. The van der Waals surface area contributed by atoms with Crippen LogP contribution in [0.5, 0.6) is 0 Å². The van der Waals surface area contributed by atoms with E-state index in [9.17, 15) is 21.6 Å². The average Bonchev–Trinajstić information content (AvgIpc) is 2.76. The van der Waals surface area contributed by atoms with Gasteiger partial charge in [-0.25, -0.2) is 21.6 Å². The number of benzene rings is 1. The summed E-state index contributed by atoms with van der Waals surface area (Å²) >= 11 is 0. The number of hydrogen-bond acceptors (Lipinski definition) is 5. The lowest BCUT2D eigenvalue weighted by atomic mass is 10.0. The Morgan fingerprint density at radius 1 is 0.968 bits per heavy atom. The SMILES string of the molecule is CS(=O)(=O)NCC1CCCCN1C(=O)CCc1ccc(S(=O)(=O)N2CCCCC2)cc1. The Labute approximate surface area is 186 Å². The number of nitrogens with zero attached hydrogens (tertiary/aromatic N) is 2. The molecule has 1 atom stereocenters. The first-order valence-corrected chi connectivity index (χ1v) is 14.3. The molecule has 31 heavy (non-hydrogen) atoms. The van der Waals surface area contributed by atoms with Crippen molar-refractivity contribution in [2.45, 2.75) is 62.3 Å². The smallest absolute Gasteiger partial charge is 0.243 e. The van der Waals surface area contributed by atoms with Crippen LogP contribution >= 0.6 is 0 Å². The number of likely N-dealkylation sites (tertiary alicyclic amines) is 1. The summed E-state index contributed by atoms with van der Waals surface area (Å²) in [5.74, 6) is 0.00464. The summed E-state index contributed by atoms with van der Waals surface area (Å²) in [6, 6.07) is 6.70. The van der Waals surface area contributed by atoms with E-state index < -0.39 is 20.0 Å². The van der Waals surface area contributed by atoms with Gasteiger partial charge in [-0.1, -0.05) is 18.6 Å². The Morgan fingerprint density at radius 2 is 1.61 bits per heavy atom. The Kier molecular flexibility index (Phi) is 8.12. The number of carbonyl (C=O) groups excluding carboxylic acids is 1. The van der Waals surface area contributed by atoms with Crippen molar-refractivity contribution in [3.63, 3.8) is 0 Å². The highest BCUT2D eigenvalue weighted by Gasteiger charge is 2.28. The summed E-state index contributed by atoms with van der Waals surface area (Å²) in [6.45, 7) is 2.03. The van der Waals surface area contributed by atoms with Crippen LogP contribution < -0.4 is 4.72 Å². The van der Waals surface area contributed by atoms with Crippen LogP contribution in [-0.2, 0) is 31.3 Å². The lowest BCUT2D eigenvalue weighted by Gasteiger charge is -2.36. The fourth-order valence-electron chi connectivity index (χ4n) is 4.27. The van der Waals surface area contributed by atoms with Crippen molar-refractivity contribution >= 4 is 26.0 Å². The lowest BCUT2D eigenvalue weighted by molar-refractivity contribution is -0.134. The molecule has 1 N–H and O–H groups in total. The molecule has 1 aromatic carbocycles. The molecule has 0 radical (unpaired) electrons. The van der Waals surface area contributed by atoms with Crippen LogP contribution in [0.25, 0.3) is 0 Å². The van der Waals surface area contributed by atoms with Crippen LogP contribution in [0.15, 0.2) is 29.2 Å². The second-order valence-electron chi connectivity index (χ2n) is 8.47. The second-order valence-corrected chi connectivity index (χ2v) is 12.2. The van der Waals surface area contributed by atoms with E-state index in [0.717, 1.165) is 50.3 Å². The van der Waals surface area contributed by atoms with Crippen LogP contribution in [-0.4, -0.2) is 70.4 Å². The normalized spacial score (nSPS) is 21.2. The highest BCUT2D eigenvalue weighted by Crippen LogP contribution is 2.22. The van der Waals surface area contributed by atoms with Crippen molar-refractivity contribution in [1.82, 2.24) is 13.9 Å². The van der Waals surface area contributed by atoms with E-state index in [2.05, 4.69) is 4.72 Å². The van der Waals surface area contributed by atoms with Gasteiger partial charge in [-0.3, -0.25) is 4.79 Å². The van der Waals surface area contributed by atoms with E-state index in [1.54, 1.807) is 33.5 Å². The number of amides is 1. The molecule has 3 rings (SSSR count). The van der Waals surface area contributed by atoms with Gasteiger partial charge in [0.2, 0.25) is 26.0 Å². The van der Waals surface area contributed by atoms with Gasteiger partial charge in [-0.05, 0) is 56.2 Å². The predicted molar refractivity (Wildman–Crippen MR) is 120 cm³/mol. The molecule has 2 aliphatic rings. The number of rotatable bonds is 8. The van der Waals surface area contributed by atoms with E-state index in [1.807, 2.05) is 0 Å². The van der Waals surface area contributed by atoms with E-state index in [4.69, 9.17) is 0 Å². The van der Waals surface area contributed by atoms with E-state index in [1.165, 1.54) is 0 Å². The van der Waals surface area contributed by atoms with Gasteiger partial charge in [0.05, 0.1) is 11.2 Å². The fraction of sp³-hybridized carbons (Fsp3) is 0.667. The van der Waals surface area contributed by atoms with Crippen molar-refractivity contribution in [3.05, 3.63) is 29.8 Å². The number of nitrogens with one attached hydrogen (secondary N) is 1. The maximum Gasteiger partial charge on any atom is 0.243 e. The van der Waals surface area contributed by atoms with E-state index >= 15 is 0 Å². The molecule has 0 saturated carbocycles. The monoisotopic (exact) mass is 471 g/mol. The zero-order valence-electron chi connectivity index (χ0n) is 18.1. The van der Waals surface area contributed by atoms with Crippen molar-refractivity contribution in [2.75, 3.05) is 32.4 Å². The highest BCUT2D eigenvalue weighted by atomic mass is 32.2. The molecule has 2 heterocycles. The molecule has 0 bridgehead atoms. The molecule has 2 saturated heterocycles. The van der Waals surface area contributed by atoms with Crippen molar-refractivity contribution in [2.24, 2.45) is 0 Å². The van der Waals surface area contributed by atoms with Gasteiger partial charge in [-0.2, -0.15) is 4.31 Å². The first-order valence-electron chi connectivity index (χ1n) is 11.0. The third-order valence-electron chi connectivity index (χ3n) is 6.03. The predicted octanol–water partition coefficient (Wildman–Crippen LogP) is 1.72. The quantitative estimate of drug-likeness (QED) is 0.622. The van der Waals surface area contributed by atoms with Gasteiger partial charge in [0.15, 0.2) is 0 Å². The van der Waals surface area contributed by atoms with Crippen molar-refractivity contribution in [1.29, 1.82) is 0 Å². The van der Waals surface area contributed by atoms with Crippen LogP contribution in [0.4, 0.5) is 0 Å². The zero-order chi connectivity index (χ0) is 22.5. The summed E-state index contributed by atoms with van der Waals surface area (Å²) in [6.07, 6.45) is 7.51. The fourth-order valence-corrected chi connectivity index (χ4v) is 6.28. The zero-order valence-corrected chi connectivity index (χ0v) is 19.8. The van der Waals surface area contributed by atoms with E-state index in [0.29, 0.717) is 37.4 Å². The molecule has 174 valence electrons. The van der Waals surface area contributed by atoms with Crippen molar-refractivity contribution in [3.8, 4) is 0 Å². The Hall–Kier alpha value is -1.49. The Balaban J connectivity index is 1.57. The first-order chi connectivity index (χ1) is 14.7. The molecular weight excluding hydrogens is 438 g/mol. The third kappa shape index (κ3) is 6.74. The van der Waals surface area contributed by atoms with Gasteiger partial charge in [-0.15, -0.1) is 0 Å². The molecule has 0 spiro atoms. The lowest BCUT2D eigenvalue weighted by Crippen LogP contribution is -2.49. The molecular formula is C21H33N3O5S2. The average molecular weight is 472 g/mol. The molecule has 0 aliphatic carbocycles. The highest BCUT2D eigenvalue weighted by molar-refractivity contribution is 7.89. The van der Waals surface area contributed by atoms with Crippen LogP contribution in [0.1, 0.15) is 50.5 Å². The third-order valence-corrected chi connectivity index (χ3v) is 8.64. The van der Waals surface area contributed by atoms with Crippen molar-refractivity contribution < 1.29 is 21.6 Å². The minimum Gasteiger partial charge on any atom is -0.338 e. The molecule has 10 heteroatoms. The van der Waals surface area contributed by atoms with E-state index in [-0.39, 0.29) is 18.5 Å². The standard InChI is InChI=1S/C21H33N3O5S2/c1-30(26,27)22-17-19-7-3-6-16-24(19)21(25)13-10-18-8-11-20(12-9-18)31(28,29)23-14-4-2-5-15-23/h8-9,11-12,19,22H,2-7,10,13-17H2,1H3. The van der Waals surface area contributed by atoms with Crippen LogP contribution in [0, 0.1) is 0 Å². The summed E-state index contributed by atoms with van der Waals surface area (Å²) in [7, 11) is -6.74. The Bertz CT molecular complexity index is 955. The molecule has 0 aromatic heterocycles. The van der Waals surface area contributed by atoms with Gasteiger partial charge in [0.1, 0.15) is 0 Å². The summed E-state index contributed by atoms with van der Waals surface area (Å²) in [5, 5.41) is 0. The molecule has 2 fully saturated rings. The van der Waals surface area contributed by atoms with Gasteiger partial charge >= 0.3 is 0 Å². The maximum absolute atomic E-state index is 12.8. The van der Waals surface area contributed by atoms with Gasteiger partial charge in [0, 0.05) is 38.6 Å². The minimum atomic E-state index is -3.45. The molecule has 2 aliphatic heterocycles. The number of sulfonamides is 2. The summed E-state index contributed by atoms with van der Waals surface area (Å²) in [5.41, 5.74) is 0.911. The largest absolute Gasteiger partial charge is 0.338 e. The number of carbonyl (C=O) groups is 1. The Morgan fingerprint density at radius 3 is 2.26 bits per heavy atom. The second kappa shape index (κ2) is 10.4. The molecule has 1 aromatic rings. The molecule has 1 unspecified atom stereocenters. The maximum atomic E-state index is 12.8. The topological polar surface area (TPSA) is 104 Å². The summed E-state index contributed by atoms with van der Waals surface area (Å²) < 4.78 is 52.4. The number of piperidine rings is 2. The van der Waals surface area contributed by atoms with Crippen LogP contribution in [0.2, 0.25) is 0 Å². The molecule has 1 amide bonds. The number of aryl methyl sites for hydroxylation is 1.